The van der Waals surface area contributed by atoms with E-state index < -0.39 is 11.7 Å². The standard InChI is InChI=1S/C18H27N3O3/c1-18(2,3)24-17(23)20-10-13-4-6-14(7-5-13)11-21-12-15(9-19)8-16(21)22/h4-7,15H,8-12,19H2,1-3H3,(H,20,23). The highest BCUT2D eigenvalue weighted by Crippen LogP contribution is 2.19. The summed E-state index contributed by atoms with van der Waals surface area (Å²) in [4.78, 5) is 25.4. The van der Waals surface area contributed by atoms with Gasteiger partial charge < -0.3 is 20.7 Å². The van der Waals surface area contributed by atoms with Crippen molar-refractivity contribution in [3.05, 3.63) is 35.4 Å². The summed E-state index contributed by atoms with van der Waals surface area (Å²) in [6.45, 7) is 7.79. The largest absolute Gasteiger partial charge is 0.444 e. The van der Waals surface area contributed by atoms with E-state index in [0.717, 1.165) is 17.7 Å². The van der Waals surface area contributed by atoms with Crippen LogP contribution in [0.25, 0.3) is 0 Å². The molecule has 1 fully saturated rings. The van der Waals surface area contributed by atoms with Crippen molar-refractivity contribution in [3.63, 3.8) is 0 Å². The molecule has 24 heavy (non-hydrogen) atoms. The van der Waals surface area contributed by atoms with E-state index in [0.29, 0.717) is 26.1 Å². The highest BCUT2D eigenvalue weighted by atomic mass is 16.6. The van der Waals surface area contributed by atoms with Gasteiger partial charge in [-0.3, -0.25) is 4.79 Å². The van der Waals surface area contributed by atoms with Crippen LogP contribution in [0.15, 0.2) is 24.3 Å². The molecule has 6 nitrogen and oxygen atoms in total. The number of nitrogens with one attached hydrogen (secondary N) is 1. The summed E-state index contributed by atoms with van der Waals surface area (Å²) in [6, 6.07) is 7.87. The maximum atomic E-state index is 11.9. The van der Waals surface area contributed by atoms with Crippen molar-refractivity contribution in [2.45, 2.75) is 45.9 Å². The zero-order valence-corrected chi connectivity index (χ0v) is 14.7. The minimum Gasteiger partial charge on any atom is -0.444 e. The number of nitrogens with two attached hydrogens (primary N) is 1. The third-order valence-electron chi connectivity index (χ3n) is 3.86. The van der Waals surface area contributed by atoms with E-state index in [-0.39, 0.29) is 11.8 Å². The third kappa shape index (κ3) is 5.53. The molecule has 1 unspecified atom stereocenters. The van der Waals surface area contributed by atoms with Gasteiger partial charge in [-0.2, -0.15) is 0 Å². The minimum absolute atomic E-state index is 0.168. The molecule has 2 rings (SSSR count). The lowest BCUT2D eigenvalue weighted by Crippen LogP contribution is -2.32. The van der Waals surface area contributed by atoms with E-state index in [1.54, 1.807) is 0 Å². The molecule has 3 N–H and O–H groups in total. The molecule has 0 aliphatic carbocycles. The van der Waals surface area contributed by atoms with Gasteiger partial charge in [-0.25, -0.2) is 4.79 Å². The van der Waals surface area contributed by atoms with Crippen LogP contribution in [0.1, 0.15) is 38.3 Å². The van der Waals surface area contributed by atoms with E-state index in [1.807, 2.05) is 49.9 Å². The summed E-state index contributed by atoms with van der Waals surface area (Å²) < 4.78 is 5.20. The SMILES string of the molecule is CC(C)(C)OC(=O)NCc1ccc(CN2CC(CN)CC2=O)cc1. The maximum absolute atomic E-state index is 11.9. The molecule has 0 bridgehead atoms. The van der Waals surface area contributed by atoms with E-state index in [2.05, 4.69) is 5.32 Å². The van der Waals surface area contributed by atoms with E-state index in [4.69, 9.17) is 10.5 Å². The number of carbonyl (C=O) groups excluding carboxylic acids is 2. The summed E-state index contributed by atoms with van der Waals surface area (Å²) in [5.74, 6) is 0.441. The Morgan fingerprint density at radius 2 is 1.92 bits per heavy atom. The van der Waals surface area contributed by atoms with Crippen molar-refractivity contribution >= 4 is 12.0 Å². The fourth-order valence-electron chi connectivity index (χ4n) is 2.64. The predicted molar refractivity (Wildman–Crippen MR) is 92.1 cm³/mol. The lowest BCUT2D eigenvalue weighted by molar-refractivity contribution is -0.128. The number of alkyl carbamates (subject to hydrolysis) is 1. The van der Waals surface area contributed by atoms with Crippen molar-refractivity contribution in [2.75, 3.05) is 13.1 Å². The molecule has 1 aliphatic rings. The second kappa shape index (κ2) is 7.66. The smallest absolute Gasteiger partial charge is 0.407 e. The first kappa shape index (κ1) is 18.3. The lowest BCUT2D eigenvalue weighted by atomic mass is 10.1. The number of hydrogen-bond donors (Lipinski definition) is 2. The molecule has 6 heteroatoms. The molecule has 0 saturated carbocycles. The van der Waals surface area contributed by atoms with Gasteiger partial charge in [0.1, 0.15) is 5.60 Å². The average Bonchev–Trinajstić information content (AvgIpc) is 2.85. The van der Waals surface area contributed by atoms with Crippen molar-refractivity contribution in [2.24, 2.45) is 11.7 Å². The normalized spacial score (nSPS) is 17.9. The van der Waals surface area contributed by atoms with Crippen LogP contribution in [0, 0.1) is 5.92 Å². The van der Waals surface area contributed by atoms with Gasteiger partial charge in [0.05, 0.1) is 0 Å². The molecular formula is C18H27N3O3. The number of ether oxygens (including phenoxy) is 1. The quantitative estimate of drug-likeness (QED) is 0.863. The third-order valence-corrected chi connectivity index (χ3v) is 3.86. The fraction of sp³-hybridized carbons (Fsp3) is 0.556. The zero-order chi connectivity index (χ0) is 17.7. The van der Waals surface area contributed by atoms with Gasteiger partial charge in [-0.1, -0.05) is 24.3 Å². The van der Waals surface area contributed by atoms with Crippen LogP contribution in [-0.4, -0.2) is 35.6 Å². The summed E-state index contributed by atoms with van der Waals surface area (Å²) in [5.41, 5.74) is 7.20. The molecule has 1 aliphatic heterocycles. The Labute approximate surface area is 143 Å². The molecule has 0 spiro atoms. The Bertz CT molecular complexity index is 578. The van der Waals surface area contributed by atoms with Crippen LogP contribution >= 0.6 is 0 Å². The highest BCUT2D eigenvalue weighted by Gasteiger charge is 2.28. The van der Waals surface area contributed by atoms with Crippen LogP contribution in [0.4, 0.5) is 4.79 Å². The molecule has 1 aromatic rings. The monoisotopic (exact) mass is 333 g/mol. The molecule has 1 heterocycles. The van der Waals surface area contributed by atoms with Crippen molar-refractivity contribution < 1.29 is 14.3 Å². The fourth-order valence-corrected chi connectivity index (χ4v) is 2.64. The van der Waals surface area contributed by atoms with Crippen LogP contribution < -0.4 is 11.1 Å². The summed E-state index contributed by atoms with van der Waals surface area (Å²) in [7, 11) is 0. The second-order valence-corrected chi connectivity index (χ2v) is 7.25. The van der Waals surface area contributed by atoms with Gasteiger partial charge >= 0.3 is 6.09 Å². The van der Waals surface area contributed by atoms with Gasteiger partial charge in [0.25, 0.3) is 0 Å². The molecule has 0 aromatic heterocycles. The Hall–Kier alpha value is -2.08. The average molecular weight is 333 g/mol. The number of hydrogen-bond acceptors (Lipinski definition) is 4. The van der Waals surface area contributed by atoms with Crippen molar-refractivity contribution in [1.82, 2.24) is 10.2 Å². The van der Waals surface area contributed by atoms with Crippen LogP contribution in [0.5, 0.6) is 0 Å². The molecule has 1 saturated heterocycles. The van der Waals surface area contributed by atoms with Gasteiger partial charge in [0.2, 0.25) is 5.91 Å². The van der Waals surface area contributed by atoms with Crippen molar-refractivity contribution in [1.29, 1.82) is 0 Å². The molecule has 132 valence electrons. The summed E-state index contributed by atoms with van der Waals surface area (Å²) >= 11 is 0. The highest BCUT2D eigenvalue weighted by molar-refractivity contribution is 5.78. The predicted octanol–water partition coefficient (Wildman–Crippen LogP) is 2.02. The number of benzene rings is 1. The maximum Gasteiger partial charge on any atom is 0.407 e. The molecule has 1 aromatic carbocycles. The van der Waals surface area contributed by atoms with Crippen LogP contribution in [0.3, 0.4) is 0 Å². The Balaban J connectivity index is 1.83. The summed E-state index contributed by atoms with van der Waals surface area (Å²) in [6.07, 6.45) is 0.121. The summed E-state index contributed by atoms with van der Waals surface area (Å²) in [5, 5.41) is 2.73. The molecule has 1 atom stereocenters. The minimum atomic E-state index is -0.502. The van der Waals surface area contributed by atoms with Gasteiger partial charge in [0, 0.05) is 26.1 Å². The number of nitrogens with zero attached hydrogens (tertiary/aromatic N) is 1. The first-order valence-electron chi connectivity index (χ1n) is 8.29. The van der Waals surface area contributed by atoms with Gasteiger partial charge in [0.15, 0.2) is 0 Å². The van der Waals surface area contributed by atoms with E-state index in [1.165, 1.54) is 0 Å². The number of amides is 2. The Kier molecular flexibility index (Phi) is 5.83. The number of rotatable bonds is 5. The Morgan fingerprint density at radius 1 is 1.29 bits per heavy atom. The topological polar surface area (TPSA) is 84.7 Å². The van der Waals surface area contributed by atoms with Crippen molar-refractivity contribution in [3.8, 4) is 0 Å². The first-order chi connectivity index (χ1) is 11.3. The second-order valence-electron chi connectivity index (χ2n) is 7.25. The molecule has 0 radical (unpaired) electrons. The van der Waals surface area contributed by atoms with E-state index in [9.17, 15) is 9.59 Å². The van der Waals surface area contributed by atoms with Gasteiger partial charge in [-0.15, -0.1) is 0 Å². The molecule has 2 amide bonds. The van der Waals surface area contributed by atoms with Gasteiger partial charge in [-0.05, 0) is 44.4 Å². The number of carbonyl (C=O) groups is 2. The first-order valence-corrected chi connectivity index (χ1v) is 8.29. The Morgan fingerprint density at radius 3 is 2.46 bits per heavy atom. The zero-order valence-electron chi connectivity index (χ0n) is 14.7. The molecular weight excluding hydrogens is 306 g/mol. The van der Waals surface area contributed by atoms with E-state index >= 15 is 0 Å². The van der Waals surface area contributed by atoms with Crippen LogP contribution in [-0.2, 0) is 22.6 Å². The lowest BCUT2D eigenvalue weighted by Gasteiger charge is -2.19. The van der Waals surface area contributed by atoms with Crippen LogP contribution in [0.2, 0.25) is 0 Å². The number of likely N-dealkylation sites (tertiary alicyclic amines) is 1.